The molecule has 1 aromatic carbocycles. The molecule has 1 saturated heterocycles. The largest absolute Gasteiger partial charge is 0.496 e. The van der Waals surface area contributed by atoms with Gasteiger partial charge in [0, 0.05) is 29.6 Å². The molecule has 0 radical (unpaired) electrons. The van der Waals surface area contributed by atoms with Crippen LogP contribution in [-0.4, -0.2) is 41.1 Å². The van der Waals surface area contributed by atoms with Crippen LogP contribution in [0.1, 0.15) is 30.3 Å². The fraction of sp³-hybridized carbons (Fsp3) is 0.368. The van der Waals surface area contributed by atoms with E-state index in [4.69, 9.17) is 14.5 Å². The van der Waals surface area contributed by atoms with E-state index in [1.165, 1.54) is 0 Å². The van der Waals surface area contributed by atoms with Gasteiger partial charge in [-0.25, -0.2) is 0 Å². The number of hydrogen-bond acceptors (Lipinski definition) is 6. The zero-order valence-electron chi connectivity index (χ0n) is 14.8. The Labute approximate surface area is 165 Å². The van der Waals surface area contributed by atoms with Crippen LogP contribution in [0.4, 0.5) is 0 Å². The lowest BCUT2D eigenvalue weighted by molar-refractivity contribution is 0.306. The van der Waals surface area contributed by atoms with Crippen LogP contribution >= 0.6 is 27.7 Å². The number of methoxy groups -OCH3 is 2. The summed E-state index contributed by atoms with van der Waals surface area (Å²) >= 11 is 5.45. The van der Waals surface area contributed by atoms with Crippen molar-refractivity contribution in [3.05, 3.63) is 52.3 Å². The van der Waals surface area contributed by atoms with Crippen LogP contribution in [0.2, 0.25) is 0 Å². The summed E-state index contributed by atoms with van der Waals surface area (Å²) in [6.07, 6.45) is 1.83. The molecule has 4 rings (SSSR count). The molecule has 0 bridgehead atoms. The van der Waals surface area contributed by atoms with Gasteiger partial charge < -0.3 is 14.4 Å². The Morgan fingerprint density at radius 2 is 2.00 bits per heavy atom. The number of pyridine rings is 1. The smallest absolute Gasteiger partial charge is 0.160 e. The van der Waals surface area contributed by atoms with Crippen molar-refractivity contribution >= 4 is 32.9 Å². The average Bonchev–Trinajstić information content (AvgIpc) is 3.18. The number of thioether (sulfide) groups is 1. The predicted molar refractivity (Wildman–Crippen MR) is 108 cm³/mol. The topological polar surface area (TPSA) is 47.0 Å². The molecule has 26 heavy (non-hydrogen) atoms. The van der Waals surface area contributed by atoms with Crippen LogP contribution in [0.15, 0.2) is 46.0 Å². The Kier molecular flexibility index (Phi) is 4.84. The number of aliphatic imine (C=N–C) groups is 1. The number of amidine groups is 1. The maximum atomic E-state index is 5.71. The molecule has 3 atom stereocenters. The number of rotatable bonds is 4. The molecular weight excluding hydrogens is 414 g/mol. The van der Waals surface area contributed by atoms with Gasteiger partial charge in [0.25, 0.3) is 0 Å². The molecule has 0 saturated carbocycles. The second-order valence-electron chi connectivity index (χ2n) is 6.37. The maximum Gasteiger partial charge on any atom is 0.160 e. The van der Waals surface area contributed by atoms with E-state index in [9.17, 15) is 0 Å². The lowest BCUT2D eigenvalue weighted by atomic mass is 9.95. The fourth-order valence-electron chi connectivity index (χ4n) is 3.57. The third-order valence-electron chi connectivity index (χ3n) is 4.70. The number of halogens is 1. The standard InChI is InChI=1S/C19H20BrN3O2S/c1-11-10-23-18(12-8-13(20)16(25-3)9-15(12)24-2)17(22-19(23)26-11)14-6-4-5-7-21-14/h4-9,11,17-18H,10H2,1-3H3/t11-,17-,18+/m0/s1. The second-order valence-corrected chi connectivity index (χ2v) is 8.63. The van der Waals surface area contributed by atoms with Crippen molar-refractivity contribution in [2.45, 2.75) is 24.3 Å². The average molecular weight is 434 g/mol. The normalized spacial score (nSPS) is 24.4. The van der Waals surface area contributed by atoms with E-state index in [1.54, 1.807) is 14.2 Å². The van der Waals surface area contributed by atoms with Crippen molar-refractivity contribution in [1.82, 2.24) is 9.88 Å². The minimum Gasteiger partial charge on any atom is -0.496 e. The maximum absolute atomic E-state index is 5.71. The highest BCUT2D eigenvalue weighted by molar-refractivity contribution is 9.10. The zero-order chi connectivity index (χ0) is 18.3. The highest BCUT2D eigenvalue weighted by Gasteiger charge is 2.44. The van der Waals surface area contributed by atoms with Crippen molar-refractivity contribution in [1.29, 1.82) is 0 Å². The van der Waals surface area contributed by atoms with Gasteiger partial charge in [0.05, 0.1) is 30.4 Å². The first-order valence-electron chi connectivity index (χ1n) is 8.45. The summed E-state index contributed by atoms with van der Waals surface area (Å²) in [7, 11) is 3.35. The molecule has 2 aliphatic rings. The first kappa shape index (κ1) is 17.7. The van der Waals surface area contributed by atoms with Gasteiger partial charge in [-0.15, -0.1) is 0 Å². The summed E-state index contributed by atoms with van der Waals surface area (Å²) < 4.78 is 12.1. The van der Waals surface area contributed by atoms with Gasteiger partial charge >= 0.3 is 0 Å². The Morgan fingerprint density at radius 3 is 2.69 bits per heavy atom. The zero-order valence-corrected chi connectivity index (χ0v) is 17.3. The molecule has 5 nitrogen and oxygen atoms in total. The summed E-state index contributed by atoms with van der Waals surface area (Å²) in [6.45, 7) is 3.20. The summed E-state index contributed by atoms with van der Waals surface area (Å²) in [4.78, 5) is 12.0. The summed E-state index contributed by atoms with van der Waals surface area (Å²) in [6, 6.07) is 10.0. The third kappa shape index (κ3) is 2.97. The van der Waals surface area contributed by atoms with E-state index in [0.717, 1.165) is 38.9 Å². The van der Waals surface area contributed by atoms with Gasteiger partial charge in [-0.2, -0.15) is 0 Å². The van der Waals surface area contributed by atoms with E-state index < -0.39 is 0 Å². The SMILES string of the molecule is COc1cc(OC)c([C@@H]2[C@H](c3ccccn3)N=C3S[C@@H](C)CN32)cc1Br. The fourth-order valence-corrected chi connectivity index (χ4v) is 5.18. The summed E-state index contributed by atoms with van der Waals surface area (Å²) in [5.74, 6) is 1.56. The van der Waals surface area contributed by atoms with Crippen molar-refractivity contribution < 1.29 is 9.47 Å². The molecule has 0 unspecified atom stereocenters. The first-order valence-corrected chi connectivity index (χ1v) is 10.1. The van der Waals surface area contributed by atoms with E-state index in [0.29, 0.717) is 5.25 Å². The predicted octanol–water partition coefficient (Wildman–Crippen LogP) is 4.45. The quantitative estimate of drug-likeness (QED) is 0.712. The van der Waals surface area contributed by atoms with Gasteiger partial charge in [0.1, 0.15) is 17.5 Å². The minimum atomic E-state index is -0.0552. The molecule has 7 heteroatoms. The van der Waals surface area contributed by atoms with Crippen molar-refractivity contribution in [3.8, 4) is 11.5 Å². The number of ether oxygens (including phenoxy) is 2. The molecule has 1 aromatic heterocycles. The monoisotopic (exact) mass is 433 g/mol. The van der Waals surface area contributed by atoms with E-state index in [1.807, 2.05) is 42.2 Å². The molecule has 0 amide bonds. The molecule has 0 aliphatic carbocycles. The lowest BCUT2D eigenvalue weighted by Crippen LogP contribution is -2.29. The molecule has 0 spiro atoms. The van der Waals surface area contributed by atoms with E-state index in [-0.39, 0.29) is 12.1 Å². The van der Waals surface area contributed by atoms with Crippen LogP contribution in [0.25, 0.3) is 0 Å². The molecule has 3 heterocycles. The number of nitrogens with zero attached hydrogens (tertiary/aromatic N) is 3. The molecule has 0 N–H and O–H groups in total. The van der Waals surface area contributed by atoms with Crippen molar-refractivity contribution in [3.63, 3.8) is 0 Å². The van der Waals surface area contributed by atoms with E-state index in [2.05, 4.69) is 38.8 Å². The summed E-state index contributed by atoms with van der Waals surface area (Å²) in [5.41, 5.74) is 2.06. The Balaban J connectivity index is 1.83. The highest BCUT2D eigenvalue weighted by Crippen LogP contribution is 2.50. The molecule has 136 valence electrons. The molecule has 1 fully saturated rings. The lowest BCUT2D eigenvalue weighted by Gasteiger charge is -2.29. The van der Waals surface area contributed by atoms with E-state index >= 15 is 0 Å². The molecular formula is C19H20BrN3O2S. The third-order valence-corrected chi connectivity index (χ3v) is 6.43. The minimum absolute atomic E-state index is 0.0505. The van der Waals surface area contributed by atoms with Crippen LogP contribution in [0.5, 0.6) is 11.5 Å². The van der Waals surface area contributed by atoms with Crippen LogP contribution < -0.4 is 9.47 Å². The second kappa shape index (κ2) is 7.12. The van der Waals surface area contributed by atoms with Crippen LogP contribution in [0, 0.1) is 0 Å². The van der Waals surface area contributed by atoms with Gasteiger partial charge in [-0.05, 0) is 34.1 Å². The first-order chi connectivity index (χ1) is 12.6. The highest BCUT2D eigenvalue weighted by atomic mass is 79.9. The number of hydrogen-bond donors (Lipinski definition) is 0. The number of benzene rings is 1. The number of fused-ring (bicyclic) bond motifs is 1. The van der Waals surface area contributed by atoms with Crippen LogP contribution in [0.3, 0.4) is 0 Å². The van der Waals surface area contributed by atoms with Crippen LogP contribution in [-0.2, 0) is 0 Å². The van der Waals surface area contributed by atoms with Gasteiger partial charge in [-0.3, -0.25) is 9.98 Å². The molecule has 2 aromatic rings. The van der Waals surface area contributed by atoms with Gasteiger partial charge in [0.15, 0.2) is 5.17 Å². The van der Waals surface area contributed by atoms with Crippen molar-refractivity contribution in [2.75, 3.05) is 20.8 Å². The summed E-state index contributed by atoms with van der Waals surface area (Å²) in [5, 5.41) is 1.61. The van der Waals surface area contributed by atoms with Gasteiger partial charge in [-0.1, -0.05) is 24.8 Å². The molecule has 2 aliphatic heterocycles. The van der Waals surface area contributed by atoms with Gasteiger partial charge in [0.2, 0.25) is 0 Å². The van der Waals surface area contributed by atoms with Crippen molar-refractivity contribution in [2.24, 2.45) is 4.99 Å². The Morgan fingerprint density at radius 1 is 1.19 bits per heavy atom. The Bertz CT molecular complexity index is 846. The number of aromatic nitrogens is 1. The Hall–Kier alpha value is -1.73.